The Morgan fingerprint density at radius 1 is 1.17 bits per heavy atom. The molecular formula is C17H25N7. The molecule has 0 aromatic carbocycles. The van der Waals surface area contributed by atoms with Crippen LogP contribution in [0.1, 0.15) is 24.1 Å². The van der Waals surface area contributed by atoms with E-state index in [1.165, 1.54) is 18.4 Å². The summed E-state index contributed by atoms with van der Waals surface area (Å²) in [6.45, 7) is 3.62. The monoisotopic (exact) mass is 327 g/mol. The molecule has 1 fully saturated rings. The molecule has 7 nitrogen and oxygen atoms in total. The number of guanidine groups is 1. The molecule has 128 valence electrons. The van der Waals surface area contributed by atoms with Crippen molar-refractivity contribution < 1.29 is 0 Å². The van der Waals surface area contributed by atoms with E-state index in [1.807, 2.05) is 30.1 Å². The quantitative estimate of drug-likeness (QED) is 0.639. The van der Waals surface area contributed by atoms with Gasteiger partial charge in [0.1, 0.15) is 5.82 Å². The zero-order valence-corrected chi connectivity index (χ0v) is 14.4. The molecule has 2 N–H and O–H groups in total. The van der Waals surface area contributed by atoms with Gasteiger partial charge < -0.3 is 15.5 Å². The van der Waals surface area contributed by atoms with Crippen molar-refractivity contribution in [3.05, 3.63) is 41.9 Å². The van der Waals surface area contributed by atoms with E-state index in [9.17, 15) is 0 Å². The second-order valence-electron chi connectivity index (χ2n) is 5.94. The van der Waals surface area contributed by atoms with E-state index in [0.717, 1.165) is 30.6 Å². The normalized spacial score (nSPS) is 14.9. The maximum Gasteiger partial charge on any atom is 0.191 e. The second-order valence-corrected chi connectivity index (χ2v) is 5.94. The van der Waals surface area contributed by atoms with Gasteiger partial charge in [-0.05, 0) is 36.6 Å². The first-order valence-electron chi connectivity index (χ1n) is 8.37. The number of aliphatic imine (C=N–C) groups is 1. The summed E-state index contributed by atoms with van der Waals surface area (Å²) in [6, 6.07) is 6.19. The fraction of sp³-hybridized carbons (Fsp3) is 0.471. The van der Waals surface area contributed by atoms with Gasteiger partial charge in [0, 0.05) is 46.1 Å². The number of pyridine rings is 1. The smallest absolute Gasteiger partial charge is 0.191 e. The predicted octanol–water partition coefficient (Wildman–Crippen LogP) is 1.28. The largest absolute Gasteiger partial charge is 0.357 e. The van der Waals surface area contributed by atoms with Crippen LogP contribution in [0, 0.1) is 0 Å². The van der Waals surface area contributed by atoms with Gasteiger partial charge in [0.15, 0.2) is 5.96 Å². The predicted molar refractivity (Wildman–Crippen MR) is 95.9 cm³/mol. The number of aryl methyl sites for hydroxylation is 1. The molecule has 0 bridgehead atoms. The van der Waals surface area contributed by atoms with Crippen LogP contribution < -0.4 is 15.5 Å². The third-order valence-corrected chi connectivity index (χ3v) is 4.28. The summed E-state index contributed by atoms with van der Waals surface area (Å²) in [4.78, 5) is 11.1. The van der Waals surface area contributed by atoms with Gasteiger partial charge in [0.05, 0.1) is 12.2 Å². The van der Waals surface area contributed by atoms with Crippen molar-refractivity contribution in [2.45, 2.75) is 25.9 Å². The molecule has 0 saturated carbocycles. The van der Waals surface area contributed by atoms with E-state index in [1.54, 1.807) is 13.2 Å². The SMILES string of the molecule is CN=C(NCc1ccnc(N2CCCC2)c1)NCc1ccnn1C. The number of aromatic nitrogens is 3. The highest BCUT2D eigenvalue weighted by Gasteiger charge is 2.13. The van der Waals surface area contributed by atoms with Crippen molar-refractivity contribution in [3.8, 4) is 0 Å². The Balaban J connectivity index is 1.53. The first-order valence-corrected chi connectivity index (χ1v) is 8.37. The highest BCUT2D eigenvalue weighted by Crippen LogP contribution is 2.18. The fourth-order valence-electron chi connectivity index (χ4n) is 2.85. The number of hydrogen-bond donors (Lipinski definition) is 2. The van der Waals surface area contributed by atoms with Gasteiger partial charge in [-0.25, -0.2) is 4.98 Å². The molecule has 7 heteroatoms. The second kappa shape index (κ2) is 7.81. The van der Waals surface area contributed by atoms with Crippen LogP contribution in [0.15, 0.2) is 35.6 Å². The molecule has 2 aromatic rings. The highest BCUT2D eigenvalue weighted by molar-refractivity contribution is 5.79. The van der Waals surface area contributed by atoms with Crippen LogP contribution in [0.4, 0.5) is 5.82 Å². The van der Waals surface area contributed by atoms with Gasteiger partial charge in [-0.3, -0.25) is 9.67 Å². The molecule has 0 unspecified atom stereocenters. The molecule has 3 heterocycles. The van der Waals surface area contributed by atoms with Crippen molar-refractivity contribution in [1.82, 2.24) is 25.4 Å². The maximum atomic E-state index is 4.49. The van der Waals surface area contributed by atoms with Crippen molar-refractivity contribution in [1.29, 1.82) is 0 Å². The van der Waals surface area contributed by atoms with Gasteiger partial charge in [-0.15, -0.1) is 0 Å². The molecule has 0 spiro atoms. The van der Waals surface area contributed by atoms with E-state index in [2.05, 4.69) is 36.7 Å². The summed E-state index contributed by atoms with van der Waals surface area (Å²) >= 11 is 0. The third-order valence-electron chi connectivity index (χ3n) is 4.28. The van der Waals surface area contributed by atoms with Crippen molar-refractivity contribution in [3.63, 3.8) is 0 Å². The summed E-state index contributed by atoms with van der Waals surface area (Å²) in [7, 11) is 3.71. The Morgan fingerprint density at radius 2 is 1.96 bits per heavy atom. The van der Waals surface area contributed by atoms with Crippen LogP contribution in [0.25, 0.3) is 0 Å². The van der Waals surface area contributed by atoms with Crippen LogP contribution in [0.5, 0.6) is 0 Å². The number of nitrogens with zero attached hydrogens (tertiary/aromatic N) is 5. The Labute approximate surface area is 142 Å². The van der Waals surface area contributed by atoms with Gasteiger partial charge >= 0.3 is 0 Å². The molecule has 24 heavy (non-hydrogen) atoms. The lowest BCUT2D eigenvalue weighted by Crippen LogP contribution is -2.36. The molecule has 2 aromatic heterocycles. The third kappa shape index (κ3) is 4.04. The van der Waals surface area contributed by atoms with Crippen LogP contribution >= 0.6 is 0 Å². The minimum absolute atomic E-state index is 0.686. The topological polar surface area (TPSA) is 70.4 Å². The Hall–Kier alpha value is -2.57. The van der Waals surface area contributed by atoms with Crippen LogP contribution in [0.3, 0.4) is 0 Å². The highest BCUT2D eigenvalue weighted by atomic mass is 15.3. The molecule has 1 aliphatic heterocycles. The molecule has 0 atom stereocenters. The minimum Gasteiger partial charge on any atom is -0.357 e. The van der Waals surface area contributed by atoms with Crippen LogP contribution in [0.2, 0.25) is 0 Å². The summed E-state index contributed by atoms with van der Waals surface area (Å²) < 4.78 is 1.85. The van der Waals surface area contributed by atoms with E-state index < -0.39 is 0 Å². The maximum absolute atomic E-state index is 4.49. The first kappa shape index (κ1) is 16.3. The Kier molecular flexibility index (Phi) is 5.30. The lowest BCUT2D eigenvalue weighted by Gasteiger charge is -2.17. The van der Waals surface area contributed by atoms with Crippen LogP contribution in [-0.4, -0.2) is 40.9 Å². The first-order chi connectivity index (χ1) is 11.8. The Morgan fingerprint density at radius 3 is 2.67 bits per heavy atom. The standard InChI is InChI=1S/C17H25N7/c1-18-17(21-13-15-6-8-22-23(15)2)20-12-14-5-7-19-16(11-14)24-9-3-4-10-24/h5-8,11H,3-4,9-10,12-13H2,1-2H3,(H2,18,20,21). The molecule has 1 aliphatic rings. The van der Waals surface area contributed by atoms with Gasteiger partial charge in [0.25, 0.3) is 0 Å². The average Bonchev–Trinajstić information content (AvgIpc) is 3.27. The van der Waals surface area contributed by atoms with Crippen molar-refractivity contribution in [2.75, 3.05) is 25.0 Å². The summed E-state index contributed by atoms with van der Waals surface area (Å²) in [5, 5.41) is 10.8. The average molecular weight is 327 g/mol. The van der Waals surface area contributed by atoms with E-state index in [0.29, 0.717) is 13.1 Å². The number of rotatable bonds is 5. The summed E-state index contributed by atoms with van der Waals surface area (Å²) in [5.74, 6) is 1.85. The summed E-state index contributed by atoms with van der Waals surface area (Å²) in [5.41, 5.74) is 2.31. The Bertz CT molecular complexity index is 686. The zero-order valence-electron chi connectivity index (χ0n) is 14.4. The van der Waals surface area contributed by atoms with Crippen molar-refractivity contribution >= 4 is 11.8 Å². The lowest BCUT2D eigenvalue weighted by molar-refractivity contribution is 0.684. The minimum atomic E-state index is 0.686. The lowest BCUT2D eigenvalue weighted by atomic mass is 10.2. The van der Waals surface area contributed by atoms with E-state index in [-0.39, 0.29) is 0 Å². The number of anilines is 1. The molecular weight excluding hydrogens is 302 g/mol. The molecule has 0 radical (unpaired) electrons. The fourth-order valence-corrected chi connectivity index (χ4v) is 2.85. The molecule has 3 rings (SSSR count). The van der Waals surface area contributed by atoms with Crippen molar-refractivity contribution in [2.24, 2.45) is 12.0 Å². The van der Waals surface area contributed by atoms with Gasteiger partial charge in [-0.2, -0.15) is 5.10 Å². The molecule has 0 amide bonds. The van der Waals surface area contributed by atoms with E-state index >= 15 is 0 Å². The zero-order chi connectivity index (χ0) is 16.8. The molecule has 1 saturated heterocycles. The van der Waals surface area contributed by atoms with Crippen LogP contribution in [-0.2, 0) is 20.1 Å². The van der Waals surface area contributed by atoms with Gasteiger partial charge in [-0.1, -0.05) is 0 Å². The molecule has 0 aliphatic carbocycles. The summed E-state index contributed by atoms with van der Waals surface area (Å²) in [6.07, 6.45) is 6.20. The number of hydrogen-bond acceptors (Lipinski definition) is 4. The number of nitrogens with one attached hydrogen (secondary N) is 2. The van der Waals surface area contributed by atoms with Gasteiger partial charge in [0.2, 0.25) is 0 Å². The van der Waals surface area contributed by atoms with E-state index in [4.69, 9.17) is 0 Å².